The number of nitrogens with one attached hydrogen (secondary N) is 1. The highest BCUT2D eigenvalue weighted by molar-refractivity contribution is 5.72. The monoisotopic (exact) mass is 393 g/mol. The summed E-state index contributed by atoms with van der Waals surface area (Å²) in [6.07, 6.45) is 1.74. The molecule has 0 fully saturated rings. The maximum Gasteiger partial charge on any atom is 0.330 e. The van der Waals surface area contributed by atoms with E-state index >= 15 is 0 Å². The Labute approximate surface area is 164 Å². The molecule has 28 heavy (non-hydrogen) atoms. The summed E-state index contributed by atoms with van der Waals surface area (Å²) in [6, 6.07) is 0. The van der Waals surface area contributed by atoms with Crippen LogP contribution in [0.2, 0.25) is 0 Å². The zero-order chi connectivity index (χ0) is 20.8. The van der Waals surface area contributed by atoms with Crippen LogP contribution in [0.5, 0.6) is 0 Å². The number of nitrogens with zero attached hydrogens (tertiary/aromatic N) is 4. The van der Waals surface area contributed by atoms with Crippen molar-refractivity contribution in [1.29, 1.82) is 0 Å². The van der Waals surface area contributed by atoms with E-state index in [1.165, 1.54) is 4.57 Å². The molecule has 1 N–H and O–H groups in total. The Morgan fingerprint density at radius 2 is 2.00 bits per heavy atom. The van der Waals surface area contributed by atoms with Crippen LogP contribution in [0.1, 0.15) is 46.4 Å². The maximum absolute atomic E-state index is 12.4. The Hall–Kier alpha value is -2.42. The molecule has 0 bridgehead atoms. The molecule has 0 aliphatic rings. The number of unbranched alkanes of at least 4 members (excludes halogenated alkanes) is 1. The van der Waals surface area contributed by atoms with Gasteiger partial charge in [-0.1, -0.05) is 27.2 Å². The summed E-state index contributed by atoms with van der Waals surface area (Å²) in [5.74, 6) is 0.677. The largest absolute Gasteiger partial charge is 0.465 e. The number of aryl methyl sites for hydroxylation is 2. The molecule has 2 heterocycles. The van der Waals surface area contributed by atoms with Gasteiger partial charge in [-0.3, -0.25) is 24.0 Å². The number of carbonyl (C=O) groups is 1. The molecule has 9 heteroatoms. The number of H-pyrrole nitrogens is 1. The minimum absolute atomic E-state index is 0.147. The lowest BCUT2D eigenvalue weighted by molar-refractivity contribution is -0.144. The van der Waals surface area contributed by atoms with Crippen molar-refractivity contribution in [2.24, 2.45) is 13.0 Å². The number of imidazole rings is 1. The predicted molar refractivity (Wildman–Crippen MR) is 107 cm³/mol. The fourth-order valence-corrected chi connectivity index (χ4v) is 3.25. The molecule has 0 unspecified atom stereocenters. The summed E-state index contributed by atoms with van der Waals surface area (Å²) in [5.41, 5.74) is -0.136. The Balaban J connectivity index is 2.43. The molecule has 0 amide bonds. The summed E-state index contributed by atoms with van der Waals surface area (Å²) in [7, 11) is 1.76. The van der Waals surface area contributed by atoms with Gasteiger partial charge < -0.3 is 9.30 Å². The number of rotatable bonds is 10. The fraction of sp³-hybridized carbons (Fsp3) is 0.684. The van der Waals surface area contributed by atoms with Gasteiger partial charge in [0.25, 0.3) is 5.56 Å². The minimum Gasteiger partial charge on any atom is -0.465 e. The Kier molecular flexibility index (Phi) is 7.56. The van der Waals surface area contributed by atoms with Crippen molar-refractivity contribution in [3.63, 3.8) is 0 Å². The highest BCUT2D eigenvalue weighted by Crippen LogP contribution is 2.13. The lowest BCUT2D eigenvalue weighted by atomic mass is 10.2. The normalized spacial score (nSPS) is 11.7. The van der Waals surface area contributed by atoms with E-state index in [1.54, 1.807) is 18.5 Å². The van der Waals surface area contributed by atoms with E-state index in [1.807, 2.05) is 11.8 Å². The third-order valence-corrected chi connectivity index (χ3v) is 4.49. The van der Waals surface area contributed by atoms with Crippen LogP contribution in [0.4, 0.5) is 0 Å². The van der Waals surface area contributed by atoms with E-state index < -0.39 is 11.2 Å². The quantitative estimate of drug-likeness (QED) is 0.610. The molecule has 2 aromatic rings. The molecule has 0 aromatic carbocycles. The van der Waals surface area contributed by atoms with Gasteiger partial charge in [0.15, 0.2) is 11.2 Å². The molecule has 0 radical (unpaired) electrons. The topological polar surface area (TPSA) is 102 Å². The maximum atomic E-state index is 12.4. The first-order valence-electron chi connectivity index (χ1n) is 9.84. The van der Waals surface area contributed by atoms with Crippen molar-refractivity contribution in [2.45, 2.75) is 53.6 Å². The molecule has 0 aliphatic heterocycles. The Morgan fingerprint density at radius 1 is 1.29 bits per heavy atom. The second-order valence-corrected chi connectivity index (χ2v) is 7.39. The van der Waals surface area contributed by atoms with Crippen molar-refractivity contribution in [2.75, 3.05) is 19.7 Å². The first-order valence-corrected chi connectivity index (χ1v) is 9.84. The van der Waals surface area contributed by atoms with E-state index in [0.29, 0.717) is 49.1 Å². The van der Waals surface area contributed by atoms with Crippen LogP contribution >= 0.6 is 0 Å². The van der Waals surface area contributed by atoms with Crippen molar-refractivity contribution >= 4 is 17.1 Å². The number of hydrogen-bond donors (Lipinski definition) is 1. The van der Waals surface area contributed by atoms with Gasteiger partial charge in [-0.2, -0.15) is 0 Å². The van der Waals surface area contributed by atoms with Gasteiger partial charge >= 0.3 is 11.7 Å². The van der Waals surface area contributed by atoms with E-state index in [4.69, 9.17) is 4.74 Å². The number of hydrogen-bond acceptors (Lipinski definition) is 6. The summed E-state index contributed by atoms with van der Waals surface area (Å²) >= 11 is 0. The molecule has 0 spiro atoms. The summed E-state index contributed by atoms with van der Waals surface area (Å²) in [4.78, 5) is 45.5. The van der Waals surface area contributed by atoms with Crippen LogP contribution in [-0.4, -0.2) is 49.7 Å². The second kappa shape index (κ2) is 9.68. The minimum atomic E-state index is -0.449. The van der Waals surface area contributed by atoms with Gasteiger partial charge in [0.1, 0.15) is 5.82 Å². The second-order valence-electron chi connectivity index (χ2n) is 7.39. The third kappa shape index (κ3) is 5.09. The van der Waals surface area contributed by atoms with Gasteiger partial charge in [0.05, 0.1) is 19.7 Å². The number of fused-ring (bicyclic) bond motifs is 1. The SMILES string of the molecule is CCCCn1c(=O)[nH]c(=O)c2c1nc(CN(CC(=O)OCC)CC(C)C)n2C. The molecule has 156 valence electrons. The number of aromatic nitrogens is 4. The summed E-state index contributed by atoms with van der Waals surface area (Å²) < 4.78 is 8.29. The first-order chi connectivity index (χ1) is 13.3. The molecule has 0 saturated heterocycles. The van der Waals surface area contributed by atoms with Gasteiger partial charge in [-0.25, -0.2) is 9.78 Å². The Bertz CT molecular complexity index is 925. The van der Waals surface area contributed by atoms with Gasteiger partial charge in [0, 0.05) is 20.1 Å². The molecule has 2 aromatic heterocycles. The molecule has 0 aliphatic carbocycles. The fourth-order valence-electron chi connectivity index (χ4n) is 3.25. The van der Waals surface area contributed by atoms with Crippen molar-refractivity contribution < 1.29 is 9.53 Å². The van der Waals surface area contributed by atoms with Crippen LogP contribution in [0.25, 0.3) is 11.2 Å². The van der Waals surface area contributed by atoms with Crippen molar-refractivity contribution in [1.82, 2.24) is 24.0 Å². The van der Waals surface area contributed by atoms with Gasteiger partial charge in [0.2, 0.25) is 0 Å². The summed E-state index contributed by atoms with van der Waals surface area (Å²) in [6.45, 7) is 9.99. The average molecular weight is 393 g/mol. The number of carbonyl (C=O) groups excluding carboxylic acids is 1. The predicted octanol–water partition coefficient (Wildman–Crippen LogP) is 1.24. The average Bonchev–Trinajstić information content (AvgIpc) is 2.91. The van der Waals surface area contributed by atoms with Crippen molar-refractivity contribution in [3.05, 3.63) is 26.7 Å². The highest BCUT2D eigenvalue weighted by atomic mass is 16.5. The highest BCUT2D eigenvalue weighted by Gasteiger charge is 2.20. The third-order valence-electron chi connectivity index (χ3n) is 4.49. The van der Waals surface area contributed by atoms with Gasteiger partial charge in [-0.05, 0) is 19.3 Å². The number of ether oxygens (including phenoxy) is 1. The van der Waals surface area contributed by atoms with Crippen molar-refractivity contribution in [3.8, 4) is 0 Å². The molecule has 0 atom stereocenters. The Morgan fingerprint density at radius 3 is 2.61 bits per heavy atom. The van der Waals surface area contributed by atoms with E-state index in [0.717, 1.165) is 12.8 Å². The van der Waals surface area contributed by atoms with Crippen LogP contribution in [-0.2, 0) is 29.7 Å². The lowest BCUT2D eigenvalue weighted by Crippen LogP contribution is -2.34. The lowest BCUT2D eigenvalue weighted by Gasteiger charge is -2.22. The van der Waals surface area contributed by atoms with Crippen LogP contribution in [0.3, 0.4) is 0 Å². The molecule has 2 rings (SSSR count). The molecule has 0 saturated carbocycles. The van der Waals surface area contributed by atoms with E-state index in [2.05, 4.69) is 23.8 Å². The first kappa shape index (κ1) is 21.9. The molecule has 9 nitrogen and oxygen atoms in total. The molecular weight excluding hydrogens is 362 g/mol. The zero-order valence-corrected chi connectivity index (χ0v) is 17.4. The van der Waals surface area contributed by atoms with Crippen LogP contribution in [0.15, 0.2) is 9.59 Å². The van der Waals surface area contributed by atoms with E-state index in [9.17, 15) is 14.4 Å². The van der Waals surface area contributed by atoms with Gasteiger partial charge in [-0.15, -0.1) is 0 Å². The smallest absolute Gasteiger partial charge is 0.330 e. The van der Waals surface area contributed by atoms with Crippen LogP contribution in [0, 0.1) is 5.92 Å². The van der Waals surface area contributed by atoms with E-state index in [-0.39, 0.29) is 12.5 Å². The molecular formula is C19H31N5O4. The number of esters is 1. The van der Waals surface area contributed by atoms with Crippen LogP contribution < -0.4 is 11.2 Å². The standard InChI is InChI=1S/C19H31N5O4/c1-6-8-9-24-17-16(18(26)21-19(24)27)22(5)14(20-17)11-23(10-13(3)4)12-15(25)28-7-2/h13H,6-12H2,1-5H3,(H,21,26,27). The number of aromatic amines is 1. The zero-order valence-electron chi connectivity index (χ0n) is 17.4. The summed E-state index contributed by atoms with van der Waals surface area (Å²) in [5, 5.41) is 0.